The maximum absolute atomic E-state index is 11.2. The fourth-order valence-corrected chi connectivity index (χ4v) is 2.37. The molecule has 0 aliphatic carbocycles. The molecule has 0 saturated heterocycles. The Morgan fingerprint density at radius 3 is 2.56 bits per heavy atom. The van der Waals surface area contributed by atoms with Crippen LogP contribution < -0.4 is 0 Å². The highest BCUT2D eigenvalue weighted by Crippen LogP contribution is 2.23. The number of hydrogen-bond acceptors (Lipinski definition) is 4. The number of fused-ring (bicyclic) bond motifs is 1. The predicted molar refractivity (Wildman–Crippen MR) is 62.3 cm³/mol. The van der Waals surface area contributed by atoms with E-state index in [0.717, 1.165) is 0 Å². The van der Waals surface area contributed by atoms with Gasteiger partial charge in [0.05, 0.1) is 16.1 Å². The quantitative estimate of drug-likeness (QED) is 0.593. The van der Waals surface area contributed by atoms with Crippen LogP contribution in [0.3, 0.4) is 0 Å². The van der Waals surface area contributed by atoms with Gasteiger partial charge in [0.15, 0.2) is 0 Å². The summed E-state index contributed by atoms with van der Waals surface area (Å²) < 4.78 is 22.3. The summed E-state index contributed by atoms with van der Waals surface area (Å²) in [4.78, 5) is 7.94. The number of rotatable bonds is 1. The van der Waals surface area contributed by atoms with E-state index in [4.69, 9.17) is 22.3 Å². The fraction of sp³-hybridized carbons (Fsp3) is 0.111. The molecule has 4 nitrogen and oxygen atoms in total. The molecule has 0 N–H and O–H groups in total. The minimum Gasteiger partial charge on any atom is -0.223 e. The second kappa shape index (κ2) is 3.84. The van der Waals surface area contributed by atoms with E-state index in [1.54, 1.807) is 13.0 Å². The van der Waals surface area contributed by atoms with Crippen molar-refractivity contribution >= 4 is 42.2 Å². The predicted octanol–water partition coefficient (Wildman–Crippen LogP) is 2.52. The monoisotopic (exact) mass is 276 g/mol. The van der Waals surface area contributed by atoms with Gasteiger partial charge in [-0.3, -0.25) is 0 Å². The van der Waals surface area contributed by atoms with Crippen LogP contribution in [0, 0.1) is 6.92 Å². The van der Waals surface area contributed by atoms with Crippen molar-refractivity contribution in [1.82, 2.24) is 9.97 Å². The lowest BCUT2D eigenvalue weighted by molar-refractivity contribution is 0.609. The van der Waals surface area contributed by atoms with Gasteiger partial charge in [-0.15, -0.1) is 0 Å². The van der Waals surface area contributed by atoms with E-state index in [1.165, 1.54) is 12.1 Å². The molecule has 7 heteroatoms. The average molecular weight is 277 g/mol. The van der Waals surface area contributed by atoms with Crippen molar-refractivity contribution in [1.29, 1.82) is 0 Å². The van der Waals surface area contributed by atoms with Gasteiger partial charge in [-0.25, -0.2) is 18.4 Å². The van der Waals surface area contributed by atoms with E-state index in [2.05, 4.69) is 9.97 Å². The summed E-state index contributed by atoms with van der Waals surface area (Å²) in [7, 11) is 1.51. The minimum atomic E-state index is -3.74. The Morgan fingerprint density at radius 1 is 1.25 bits per heavy atom. The molecule has 0 radical (unpaired) electrons. The Bertz CT molecular complexity index is 671. The van der Waals surface area contributed by atoms with Gasteiger partial charge in [0, 0.05) is 16.1 Å². The van der Waals surface area contributed by atoms with Crippen molar-refractivity contribution in [2.75, 3.05) is 0 Å². The highest BCUT2D eigenvalue weighted by atomic mass is 35.7. The fourth-order valence-electron chi connectivity index (χ4n) is 1.38. The van der Waals surface area contributed by atoms with Crippen LogP contribution in [0.25, 0.3) is 10.9 Å². The number of aromatic nitrogens is 2. The molecule has 2 aromatic rings. The third-order valence-electron chi connectivity index (χ3n) is 2.11. The Balaban J connectivity index is 2.82. The highest BCUT2D eigenvalue weighted by molar-refractivity contribution is 8.13. The normalized spacial score (nSPS) is 11.9. The molecule has 0 fully saturated rings. The number of hydrogen-bond donors (Lipinski definition) is 0. The third kappa shape index (κ3) is 2.11. The molecule has 0 bridgehead atoms. The molecule has 16 heavy (non-hydrogen) atoms. The molecule has 0 aliphatic rings. The summed E-state index contributed by atoms with van der Waals surface area (Å²) in [6.45, 7) is 1.72. The molecule has 0 atom stereocenters. The van der Waals surface area contributed by atoms with Crippen molar-refractivity contribution < 1.29 is 8.42 Å². The molecular weight excluding hydrogens is 271 g/mol. The smallest absolute Gasteiger partial charge is 0.223 e. The van der Waals surface area contributed by atoms with Gasteiger partial charge in [-0.2, -0.15) is 0 Å². The summed E-state index contributed by atoms with van der Waals surface area (Å²) in [6.07, 6.45) is 0. The Morgan fingerprint density at radius 2 is 1.94 bits per heavy atom. The van der Waals surface area contributed by atoms with Gasteiger partial charge in [0.1, 0.15) is 0 Å². The van der Waals surface area contributed by atoms with Gasteiger partial charge >= 0.3 is 0 Å². The van der Waals surface area contributed by atoms with Crippen LogP contribution >= 0.6 is 22.3 Å². The van der Waals surface area contributed by atoms with E-state index in [1.807, 2.05) is 0 Å². The van der Waals surface area contributed by atoms with Crippen LogP contribution in [-0.2, 0) is 9.05 Å². The summed E-state index contributed by atoms with van der Waals surface area (Å²) >= 11 is 5.69. The lowest BCUT2D eigenvalue weighted by Gasteiger charge is -2.03. The second-order valence-electron chi connectivity index (χ2n) is 3.19. The van der Waals surface area contributed by atoms with Crippen molar-refractivity contribution in [2.45, 2.75) is 11.8 Å². The molecular formula is C9H6Cl2N2O2S. The van der Waals surface area contributed by atoms with E-state index < -0.39 is 9.05 Å². The molecule has 1 heterocycles. The van der Waals surface area contributed by atoms with Gasteiger partial charge in [-0.1, -0.05) is 0 Å². The van der Waals surface area contributed by atoms with Gasteiger partial charge in [0.25, 0.3) is 9.05 Å². The maximum Gasteiger partial charge on any atom is 0.261 e. The van der Waals surface area contributed by atoms with Crippen LogP contribution in [0.15, 0.2) is 23.1 Å². The molecule has 0 saturated carbocycles. The van der Waals surface area contributed by atoms with Crippen molar-refractivity contribution in [2.24, 2.45) is 0 Å². The van der Waals surface area contributed by atoms with Gasteiger partial charge in [-0.05, 0) is 36.7 Å². The Labute approximate surface area is 102 Å². The first-order chi connectivity index (χ1) is 7.38. The van der Waals surface area contributed by atoms with Crippen molar-refractivity contribution in [3.05, 3.63) is 29.2 Å². The number of aryl methyl sites for hydroxylation is 1. The molecule has 2 rings (SSSR count). The summed E-state index contributed by atoms with van der Waals surface area (Å²) in [5.41, 5.74) is 1.19. The van der Waals surface area contributed by atoms with E-state index in [9.17, 15) is 8.42 Å². The van der Waals surface area contributed by atoms with E-state index in [0.29, 0.717) is 16.6 Å². The zero-order chi connectivity index (χ0) is 11.9. The largest absolute Gasteiger partial charge is 0.261 e. The van der Waals surface area contributed by atoms with Crippen LogP contribution in [0.2, 0.25) is 5.28 Å². The SMILES string of the molecule is Cc1nc(Cl)nc2ccc(S(=O)(=O)Cl)cc12. The lowest BCUT2D eigenvalue weighted by Crippen LogP contribution is -1.94. The van der Waals surface area contributed by atoms with E-state index >= 15 is 0 Å². The average Bonchev–Trinajstić information content (AvgIpc) is 2.15. The number of nitrogens with zero attached hydrogens (tertiary/aromatic N) is 2. The van der Waals surface area contributed by atoms with Crippen LogP contribution in [-0.4, -0.2) is 18.4 Å². The zero-order valence-corrected chi connectivity index (χ0v) is 10.4. The summed E-state index contributed by atoms with van der Waals surface area (Å²) in [6, 6.07) is 4.36. The number of benzene rings is 1. The molecule has 84 valence electrons. The van der Waals surface area contributed by atoms with Crippen molar-refractivity contribution in [3.8, 4) is 0 Å². The lowest BCUT2D eigenvalue weighted by atomic mass is 10.2. The van der Waals surface area contributed by atoms with Gasteiger partial charge < -0.3 is 0 Å². The maximum atomic E-state index is 11.2. The van der Waals surface area contributed by atoms with Crippen LogP contribution in [0.1, 0.15) is 5.69 Å². The molecule has 0 spiro atoms. The van der Waals surface area contributed by atoms with Crippen LogP contribution in [0.5, 0.6) is 0 Å². The Hall–Kier alpha value is -0.910. The molecule has 1 aromatic carbocycles. The first-order valence-corrected chi connectivity index (χ1v) is 6.95. The standard InChI is InChI=1S/C9H6Cl2N2O2S/c1-5-7-4-6(16(11,14)15)2-3-8(7)13-9(10)12-5/h2-4H,1H3. The van der Waals surface area contributed by atoms with Crippen LogP contribution in [0.4, 0.5) is 0 Å². The summed E-state index contributed by atoms with van der Waals surface area (Å²) in [5, 5.41) is 0.748. The van der Waals surface area contributed by atoms with Crippen molar-refractivity contribution in [3.63, 3.8) is 0 Å². The molecule has 0 unspecified atom stereocenters. The summed E-state index contributed by atoms with van der Waals surface area (Å²) in [5.74, 6) is 0. The molecule has 0 aliphatic heterocycles. The Kier molecular flexibility index (Phi) is 2.77. The number of halogens is 2. The van der Waals surface area contributed by atoms with E-state index in [-0.39, 0.29) is 10.2 Å². The molecule has 1 aromatic heterocycles. The third-order valence-corrected chi connectivity index (χ3v) is 3.63. The first-order valence-electron chi connectivity index (χ1n) is 4.26. The minimum absolute atomic E-state index is 0.0238. The van der Waals surface area contributed by atoms with Gasteiger partial charge in [0.2, 0.25) is 5.28 Å². The second-order valence-corrected chi connectivity index (χ2v) is 6.10. The molecule has 0 amide bonds. The topological polar surface area (TPSA) is 59.9 Å². The highest BCUT2D eigenvalue weighted by Gasteiger charge is 2.12. The zero-order valence-electron chi connectivity index (χ0n) is 8.11. The first kappa shape index (κ1) is 11.6.